The minimum Gasteiger partial charge on any atom is -0.493 e. The first-order chi connectivity index (χ1) is 19.8. The van der Waals surface area contributed by atoms with Crippen LogP contribution in [0.2, 0.25) is 5.02 Å². The number of carbonyl (C=O) groups is 3. The zero-order chi connectivity index (χ0) is 31.0. The Labute approximate surface area is 252 Å². The van der Waals surface area contributed by atoms with E-state index in [0.717, 1.165) is 0 Å². The van der Waals surface area contributed by atoms with E-state index in [1.165, 1.54) is 9.58 Å². The molecule has 3 aromatic rings. The molecule has 1 N–H and O–H groups in total. The number of hydrogen-bond donors (Lipinski definition) is 1. The summed E-state index contributed by atoms with van der Waals surface area (Å²) in [6, 6.07) is 14.2. The molecule has 0 atom stereocenters. The molecule has 0 saturated heterocycles. The Balaban J connectivity index is 1.77. The number of nitrogens with zero attached hydrogens (tertiary/aromatic N) is 3. The van der Waals surface area contributed by atoms with Crippen molar-refractivity contribution >= 4 is 34.9 Å². The van der Waals surface area contributed by atoms with Crippen LogP contribution >= 0.6 is 11.6 Å². The predicted molar refractivity (Wildman–Crippen MR) is 166 cm³/mol. The van der Waals surface area contributed by atoms with Crippen LogP contribution in [0.4, 0.5) is 5.69 Å². The van der Waals surface area contributed by atoms with E-state index < -0.39 is 5.41 Å². The predicted octanol–water partition coefficient (Wildman–Crippen LogP) is 5.66. The number of anilines is 1. The van der Waals surface area contributed by atoms with E-state index in [1.54, 1.807) is 44.0 Å². The van der Waals surface area contributed by atoms with Gasteiger partial charge in [-0.2, -0.15) is 0 Å². The highest BCUT2D eigenvalue weighted by Crippen LogP contribution is 2.31. The molecule has 42 heavy (non-hydrogen) atoms. The van der Waals surface area contributed by atoms with Gasteiger partial charge in [-0.3, -0.25) is 23.9 Å². The molecule has 0 unspecified atom stereocenters. The zero-order valence-electron chi connectivity index (χ0n) is 25.3. The number of amides is 2. The van der Waals surface area contributed by atoms with E-state index >= 15 is 0 Å². The minimum atomic E-state index is -0.532. The Hall–Kier alpha value is -3.85. The molecule has 2 aromatic carbocycles. The van der Waals surface area contributed by atoms with Crippen molar-refractivity contribution in [1.29, 1.82) is 0 Å². The first kappa shape index (κ1) is 32.7. The van der Waals surface area contributed by atoms with Crippen LogP contribution in [-0.2, 0) is 23.1 Å². The van der Waals surface area contributed by atoms with Crippen molar-refractivity contribution in [1.82, 2.24) is 14.3 Å². The van der Waals surface area contributed by atoms with E-state index in [9.17, 15) is 19.2 Å². The summed E-state index contributed by atoms with van der Waals surface area (Å²) in [4.78, 5) is 53.6. The lowest BCUT2D eigenvalue weighted by molar-refractivity contribution is -0.128. The zero-order valence-corrected chi connectivity index (χ0v) is 26.1. The molecule has 0 aliphatic rings. The molecule has 0 spiro atoms. The summed E-state index contributed by atoms with van der Waals surface area (Å²) in [5.74, 6) is 0.0492. The fourth-order valence-corrected chi connectivity index (χ4v) is 5.02. The number of benzene rings is 2. The van der Waals surface area contributed by atoms with Crippen molar-refractivity contribution in [3.05, 3.63) is 75.2 Å². The molecule has 0 fully saturated rings. The molecule has 226 valence electrons. The van der Waals surface area contributed by atoms with Gasteiger partial charge in [0.25, 0.3) is 5.56 Å². The number of para-hydroxylation sites is 1. The van der Waals surface area contributed by atoms with E-state index in [2.05, 4.69) is 5.32 Å². The van der Waals surface area contributed by atoms with Gasteiger partial charge < -0.3 is 15.0 Å². The number of carbonyl (C=O) groups excluding carboxylic acids is 3. The van der Waals surface area contributed by atoms with Crippen molar-refractivity contribution in [2.45, 2.75) is 59.3 Å². The number of ether oxygens (including phenoxy) is 1. The van der Waals surface area contributed by atoms with Gasteiger partial charge in [-0.25, -0.2) is 4.68 Å². The summed E-state index contributed by atoms with van der Waals surface area (Å²) in [7, 11) is 5.19. The van der Waals surface area contributed by atoms with Gasteiger partial charge in [0.15, 0.2) is 5.78 Å². The van der Waals surface area contributed by atoms with Crippen molar-refractivity contribution < 1.29 is 19.1 Å². The summed E-state index contributed by atoms with van der Waals surface area (Å²) in [5.41, 5.74) is 1.06. The molecular formula is C32H41ClN4O5. The first-order valence-corrected chi connectivity index (χ1v) is 14.5. The molecule has 1 heterocycles. The average Bonchev–Trinajstić information content (AvgIpc) is 3.16. The molecule has 0 aliphatic heterocycles. The van der Waals surface area contributed by atoms with Gasteiger partial charge in [-0.1, -0.05) is 43.6 Å². The summed E-state index contributed by atoms with van der Waals surface area (Å²) in [6.07, 6.45) is 2.03. The van der Waals surface area contributed by atoms with Gasteiger partial charge in [0, 0.05) is 45.4 Å². The molecule has 0 bridgehead atoms. The van der Waals surface area contributed by atoms with Crippen molar-refractivity contribution in [3.63, 3.8) is 0 Å². The molecule has 1 aromatic heterocycles. The Morgan fingerprint density at radius 3 is 2.38 bits per heavy atom. The lowest BCUT2D eigenvalue weighted by atomic mass is 9.82. The summed E-state index contributed by atoms with van der Waals surface area (Å²) in [5, 5.41) is 3.32. The molecule has 2 amide bonds. The monoisotopic (exact) mass is 596 g/mol. The van der Waals surface area contributed by atoms with Crippen LogP contribution in [0.1, 0.15) is 68.9 Å². The van der Waals surface area contributed by atoms with Gasteiger partial charge in [0.05, 0.1) is 23.6 Å². The Bertz CT molecular complexity index is 1470. The van der Waals surface area contributed by atoms with Crippen LogP contribution in [0.3, 0.4) is 0 Å². The summed E-state index contributed by atoms with van der Waals surface area (Å²) < 4.78 is 8.85. The average molecular weight is 597 g/mol. The highest BCUT2D eigenvalue weighted by atomic mass is 35.5. The number of hydrogen-bond acceptors (Lipinski definition) is 5. The minimum absolute atomic E-state index is 0.00414. The largest absolute Gasteiger partial charge is 0.493 e. The third-order valence-electron chi connectivity index (χ3n) is 7.16. The Morgan fingerprint density at radius 2 is 1.74 bits per heavy atom. The second kappa shape index (κ2) is 14.4. The van der Waals surface area contributed by atoms with E-state index in [0.29, 0.717) is 60.0 Å². The lowest BCUT2D eigenvalue weighted by Gasteiger charge is -2.23. The Kier molecular flexibility index (Phi) is 11.2. The Morgan fingerprint density at radius 1 is 1.05 bits per heavy atom. The normalized spacial score (nSPS) is 11.3. The molecule has 0 saturated carbocycles. The second-order valence-corrected chi connectivity index (χ2v) is 11.8. The van der Waals surface area contributed by atoms with Crippen molar-refractivity contribution in [2.75, 3.05) is 26.0 Å². The molecule has 10 heteroatoms. The van der Waals surface area contributed by atoms with Crippen LogP contribution < -0.4 is 15.6 Å². The van der Waals surface area contributed by atoms with Crippen LogP contribution in [0.5, 0.6) is 5.75 Å². The summed E-state index contributed by atoms with van der Waals surface area (Å²) in [6.45, 7) is 6.11. The molecule has 0 radical (unpaired) electrons. The number of ketones is 1. The second-order valence-electron chi connectivity index (χ2n) is 11.3. The van der Waals surface area contributed by atoms with Crippen LogP contribution in [0.25, 0.3) is 5.69 Å². The lowest BCUT2D eigenvalue weighted by Crippen LogP contribution is -2.26. The number of aromatic nitrogens is 2. The fraction of sp³-hybridized carbons (Fsp3) is 0.438. The van der Waals surface area contributed by atoms with E-state index in [-0.39, 0.29) is 41.7 Å². The third-order valence-corrected chi connectivity index (χ3v) is 7.40. The van der Waals surface area contributed by atoms with Crippen molar-refractivity contribution in [2.24, 2.45) is 12.5 Å². The third kappa shape index (κ3) is 8.35. The molecule has 9 nitrogen and oxygen atoms in total. The highest BCUT2D eigenvalue weighted by Gasteiger charge is 2.27. The smallest absolute Gasteiger partial charge is 0.295 e. The number of nitrogens with one attached hydrogen (secondary N) is 1. The van der Waals surface area contributed by atoms with Crippen LogP contribution in [0, 0.1) is 5.41 Å². The SMILES string of the molecule is CCOc1ccc(Cl)cc1C(=O)CCC(C)(C)CC(=O)Nc1c(CCCC(=O)N(C)C)n(C)n(-c2ccccc2)c1=O. The van der Waals surface area contributed by atoms with Crippen molar-refractivity contribution in [3.8, 4) is 11.4 Å². The molecule has 3 rings (SSSR count). The fourth-order valence-electron chi connectivity index (χ4n) is 4.85. The molecular weight excluding hydrogens is 556 g/mol. The van der Waals surface area contributed by atoms with Crippen LogP contribution in [0.15, 0.2) is 53.3 Å². The first-order valence-electron chi connectivity index (χ1n) is 14.2. The van der Waals surface area contributed by atoms with Gasteiger partial charge >= 0.3 is 0 Å². The quantitative estimate of drug-likeness (QED) is 0.242. The maximum absolute atomic E-state index is 13.6. The topological polar surface area (TPSA) is 103 Å². The maximum Gasteiger partial charge on any atom is 0.295 e. The van der Waals surface area contributed by atoms with Gasteiger partial charge in [0.1, 0.15) is 11.4 Å². The maximum atomic E-state index is 13.6. The number of rotatable bonds is 14. The summed E-state index contributed by atoms with van der Waals surface area (Å²) >= 11 is 6.13. The van der Waals surface area contributed by atoms with E-state index in [1.807, 2.05) is 51.1 Å². The standard InChI is InChI=1S/C32H41ClN4O5/c1-7-42-27-17-16-22(33)20-24(27)26(38)18-19-32(2,3)21-28(39)34-30-25(14-11-15-29(40)35(4)5)36(6)37(31(30)41)23-12-9-8-10-13-23/h8-10,12-13,16-17,20H,7,11,14-15,18-19,21H2,1-6H3,(H,34,39). The van der Waals surface area contributed by atoms with Gasteiger partial charge in [-0.05, 0) is 61.9 Å². The van der Waals surface area contributed by atoms with E-state index in [4.69, 9.17) is 16.3 Å². The number of halogens is 1. The van der Waals surface area contributed by atoms with Gasteiger partial charge in [-0.15, -0.1) is 0 Å². The highest BCUT2D eigenvalue weighted by molar-refractivity contribution is 6.31. The molecule has 0 aliphatic carbocycles. The van der Waals surface area contributed by atoms with Gasteiger partial charge in [0.2, 0.25) is 11.8 Å². The number of Topliss-reactive ketones (excluding diaryl/α,β-unsaturated/α-hetero) is 1. The van der Waals surface area contributed by atoms with Crippen LogP contribution in [-0.4, -0.2) is 52.6 Å².